The summed E-state index contributed by atoms with van der Waals surface area (Å²) < 4.78 is 0. The average Bonchev–Trinajstić information content (AvgIpc) is 2.35. The molecular formula is C14H22ClN3O. The SMILES string of the molecule is CCc1nc(Cl)cc(NCC2(O)CCCC(C)C2)n1. The number of aromatic nitrogens is 2. The largest absolute Gasteiger partial charge is 0.388 e. The van der Waals surface area contributed by atoms with Crippen molar-refractivity contribution in [2.45, 2.75) is 51.6 Å². The summed E-state index contributed by atoms with van der Waals surface area (Å²) in [6.07, 6.45) is 4.74. The quantitative estimate of drug-likeness (QED) is 0.834. The molecule has 1 aromatic heterocycles. The van der Waals surface area contributed by atoms with E-state index >= 15 is 0 Å². The maximum Gasteiger partial charge on any atom is 0.134 e. The highest BCUT2D eigenvalue weighted by atomic mass is 35.5. The van der Waals surface area contributed by atoms with Crippen molar-refractivity contribution in [1.29, 1.82) is 0 Å². The summed E-state index contributed by atoms with van der Waals surface area (Å²) in [6, 6.07) is 1.70. The van der Waals surface area contributed by atoms with Gasteiger partial charge in [-0.3, -0.25) is 0 Å². The molecule has 1 heterocycles. The molecule has 0 aliphatic heterocycles. The first-order chi connectivity index (χ1) is 9.00. The van der Waals surface area contributed by atoms with E-state index in [1.165, 1.54) is 6.42 Å². The molecule has 2 rings (SSSR count). The fourth-order valence-electron chi connectivity index (χ4n) is 2.76. The van der Waals surface area contributed by atoms with Crippen LogP contribution in [0.15, 0.2) is 6.07 Å². The van der Waals surface area contributed by atoms with Gasteiger partial charge in [0.05, 0.1) is 5.60 Å². The van der Waals surface area contributed by atoms with Gasteiger partial charge in [-0.25, -0.2) is 9.97 Å². The first-order valence-electron chi connectivity index (χ1n) is 7.00. The van der Waals surface area contributed by atoms with Gasteiger partial charge in [0.2, 0.25) is 0 Å². The number of anilines is 1. The second-order valence-corrected chi connectivity index (χ2v) is 6.01. The predicted molar refractivity (Wildman–Crippen MR) is 77.5 cm³/mol. The van der Waals surface area contributed by atoms with Crippen molar-refractivity contribution in [1.82, 2.24) is 9.97 Å². The van der Waals surface area contributed by atoms with Crippen LogP contribution in [0.2, 0.25) is 5.15 Å². The number of hydrogen-bond acceptors (Lipinski definition) is 4. The molecule has 2 atom stereocenters. The van der Waals surface area contributed by atoms with E-state index < -0.39 is 5.60 Å². The number of nitrogens with one attached hydrogen (secondary N) is 1. The number of aliphatic hydroxyl groups is 1. The lowest BCUT2D eigenvalue weighted by Gasteiger charge is -2.35. The van der Waals surface area contributed by atoms with Crippen molar-refractivity contribution in [2.75, 3.05) is 11.9 Å². The van der Waals surface area contributed by atoms with E-state index in [1.807, 2.05) is 6.92 Å². The average molecular weight is 284 g/mol. The van der Waals surface area contributed by atoms with Gasteiger partial charge in [0, 0.05) is 19.0 Å². The van der Waals surface area contributed by atoms with Crippen molar-refractivity contribution in [3.05, 3.63) is 17.0 Å². The van der Waals surface area contributed by atoms with Crippen LogP contribution < -0.4 is 5.32 Å². The summed E-state index contributed by atoms with van der Waals surface area (Å²) >= 11 is 5.95. The summed E-state index contributed by atoms with van der Waals surface area (Å²) in [4.78, 5) is 8.50. The summed E-state index contributed by atoms with van der Waals surface area (Å²) in [5.74, 6) is 2.00. The molecule has 0 saturated heterocycles. The normalized spacial score (nSPS) is 27.3. The van der Waals surface area contributed by atoms with Gasteiger partial charge < -0.3 is 10.4 Å². The lowest BCUT2D eigenvalue weighted by atomic mass is 9.79. The smallest absolute Gasteiger partial charge is 0.134 e. The van der Waals surface area contributed by atoms with Gasteiger partial charge in [-0.15, -0.1) is 0 Å². The molecule has 106 valence electrons. The van der Waals surface area contributed by atoms with Gasteiger partial charge in [-0.2, -0.15) is 0 Å². The van der Waals surface area contributed by atoms with Gasteiger partial charge in [0.1, 0.15) is 16.8 Å². The fourth-order valence-corrected chi connectivity index (χ4v) is 2.96. The zero-order valence-electron chi connectivity index (χ0n) is 11.6. The van der Waals surface area contributed by atoms with Crippen LogP contribution in [-0.4, -0.2) is 27.2 Å². The molecule has 4 nitrogen and oxygen atoms in total. The lowest BCUT2D eigenvalue weighted by molar-refractivity contribution is -0.000832. The van der Waals surface area contributed by atoms with E-state index in [9.17, 15) is 5.11 Å². The number of halogens is 1. The van der Waals surface area contributed by atoms with Gasteiger partial charge in [-0.05, 0) is 18.8 Å². The van der Waals surface area contributed by atoms with Crippen molar-refractivity contribution >= 4 is 17.4 Å². The van der Waals surface area contributed by atoms with Crippen LogP contribution in [0.25, 0.3) is 0 Å². The van der Waals surface area contributed by atoms with Crippen LogP contribution in [0, 0.1) is 5.92 Å². The Labute approximate surface area is 119 Å². The monoisotopic (exact) mass is 283 g/mol. The number of nitrogens with zero attached hydrogens (tertiary/aromatic N) is 2. The molecule has 1 aliphatic rings. The molecule has 0 radical (unpaired) electrons. The van der Waals surface area contributed by atoms with Crippen molar-refractivity contribution in [3.63, 3.8) is 0 Å². The number of hydrogen-bond donors (Lipinski definition) is 2. The van der Waals surface area contributed by atoms with Crippen LogP contribution in [-0.2, 0) is 6.42 Å². The summed E-state index contributed by atoms with van der Waals surface area (Å²) in [6.45, 7) is 4.71. The fraction of sp³-hybridized carbons (Fsp3) is 0.714. The predicted octanol–water partition coefficient (Wildman–Crippen LogP) is 3.05. The number of rotatable bonds is 4. The molecule has 2 unspecified atom stereocenters. The van der Waals surface area contributed by atoms with E-state index in [1.54, 1.807) is 6.07 Å². The molecule has 0 bridgehead atoms. The van der Waals surface area contributed by atoms with Crippen LogP contribution in [0.3, 0.4) is 0 Å². The first kappa shape index (κ1) is 14.5. The molecule has 19 heavy (non-hydrogen) atoms. The molecule has 0 amide bonds. The Balaban J connectivity index is 1.99. The highest BCUT2D eigenvalue weighted by Gasteiger charge is 2.32. The minimum atomic E-state index is -0.624. The van der Waals surface area contributed by atoms with Crippen LogP contribution >= 0.6 is 11.6 Å². The molecule has 2 N–H and O–H groups in total. The van der Waals surface area contributed by atoms with Crippen molar-refractivity contribution < 1.29 is 5.11 Å². The molecule has 1 fully saturated rings. The standard InChI is InChI=1S/C14H22ClN3O/c1-3-12-17-11(15)7-13(18-12)16-9-14(19)6-4-5-10(2)8-14/h7,10,19H,3-6,8-9H2,1-2H3,(H,16,17,18). The molecular weight excluding hydrogens is 262 g/mol. The summed E-state index contributed by atoms with van der Waals surface area (Å²) in [5, 5.41) is 14.2. The van der Waals surface area contributed by atoms with E-state index in [2.05, 4.69) is 22.2 Å². The van der Waals surface area contributed by atoms with Gasteiger partial charge >= 0.3 is 0 Å². The lowest BCUT2D eigenvalue weighted by Crippen LogP contribution is -2.41. The second-order valence-electron chi connectivity index (χ2n) is 5.63. The minimum absolute atomic E-state index is 0.443. The third-order valence-corrected chi connectivity index (χ3v) is 3.92. The van der Waals surface area contributed by atoms with Crippen LogP contribution in [0.5, 0.6) is 0 Å². The summed E-state index contributed by atoms with van der Waals surface area (Å²) in [5.41, 5.74) is -0.624. The van der Waals surface area contributed by atoms with Gasteiger partial charge in [-0.1, -0.05) is 38.3 Å². The Morgan fingerprint density at radius 1 is 1.53 bits per heavy atom. The zero-order chi connectivity index (χ0) is 13.9. The Hall–Kier alpha value is -0.870. The Kier molecular flexibility index (Phi) is 4.63. The van der Waals surface area contributed by atoms with Gasteiger partial charge in [0.25, 0.3) is 0 Å². The summed E-state index contributed by atoms with van der Waals surface area (Å²) in [7, 11) is 0. The maximum absolute atomic E-state index is 10.6. The van der Waals surface area contributed by atoms with Gasteiger partial charge in [0.15, 0.2) is 0 Å². The van der Waals surface area contributed by atoms with Crippen LogP contribution in [0.4, 0.5) is 5.82 Å². The molecule has 1 saturated carbocycles. The highest BCUT2D eigenvalue weighted by molar-refractivity contribution is 6.29. The minimum Gasteiger partial charge on any atom is -0.388 e. The second kappa shape index (κ2) is 6.06. The van der Waals surface area contributed by atoms with Crippen molar-refractivity contribution in [2.24, 2.45) is 5.92 Å². The Morgan fingerprint density at radius 3 is 3.00 bits per heavy atom. The maximum atomic E-state index is 10.6. The zero-order valence-corrected chi connectivity index (χ0v) is 12.4. The van der Waals surface area contributed by atoms with E-state index in [0.717, 1.165) is 31.5 Å². The molecule has 1 aliphatic carbocycles. The molecule has 0 spiro atoms. The Bertz CT molecular complexity index is 441. The topological polar surface area (TPSA) is 58.0 Å². The molecule has 1 aromatic rings. The van der Waals surface area contributed by atoms with E-state index in [0.29, 0.717) is 23.4 Å². The molecule has 0 aromatic carbocycles. The highest BCUT2D eigenvalue weighted by Crippen LogP contribution is 2.32. The van der Waals surface area contributed by atoms with E-state index in [4.69, 9.17) is 11.6 Å². The third kappa shape index (κ3) is 4.05. The van der Waals surface area contributed by atoms with Crippen LogP contribution in [0.1, 0.15) is 45.4 Å². The van der Waals surface area contributed by atoms with Crippen molar-refractivity contribution in [3.8, 4) is 0 Å². The molecule has 5 heteroatoms. The number of aryl methyl sites for hydroxylation is 1. The Morgan fingerprint density at radius 2 is 2.32 bits per heavy atom. The van der Waals surface area contributed by atoms with E-state index in [-0.39, 0.29) is 0 Å². The first-order valence-corrected chi connectivity index (χ1v) is 7.38. The third-order valence-electron chi connectivity index (χ3n) is 3.72.